The average Bonchev–Trinajstić information content (AvgIpc) is 2.95. The summed E-state index contributed by atoms with van der Waals surface area (Å²) in [6.45, 7) is 2.86. The molecule has 0 aromatic heterocycles. The van der Waals surface area contributed by atoms with Gasteiger partial charge in [0.15, 0.2) is 0 Å². The first kappa shape index (κ1) is 17.3. The van der Waals surface area contributed by atoms with E-state index in [9.17, 15) is 0 Å². The monoisotopic (exact) mass is 349 g/mol. The Balaban J connectivity index is 1.60. The number of hydrogen-bond acceptors (Lipinski definition) is 3. The van der Waals surface area contributed by atoms with Gasteiger partial charge in [0, 0.05) is 17.7 Å². The summed E-state index contributed by atoms with van der Waals surface area (Å²) in [5.41, 5.74) is 5.64. The maximum atomic E-state index is 8.91. The summed E-state index contributed by atoms with van der Waals surface area (Å²) in [5, 5.41) is 8.91. The van der Waals surface area contributed by atoms with Crippen LogP contribution in [0.4, 0.5) is 0 Å². The van der Waals surface area contributed by atoms with E-state index < -0.39 is 0 Å². The quantitative estimate of drug-likeness (QED) is 0.819. The molecule has 0 amide bonds. The molecule has 136 valence electrons. The number of ether oxygens (including phenoxy) is 2. The van der Waals surface area contributed by atoms with E-state index in [4.69, 9.17) is 14.9 Å². The van der Waals surface area contributed by atoms with Crippen molar-refractivity contribution >= 4 is 5.71 Å². The van der Waals surface area contributed by atoms with E-state index in [0.717, 1.165) is 66.9 Å². The van der Waals surface area contributed by atoms with Crippen LogP contribution in [-0.4, -0.2) is 25.5 Å². The predicted molar refractivity (Wildman–Crippen MR) is 105 cm³/mol. The standard InChI is InChI=1S/C23H27NO2/c1-3-26-19-9-11-23(12-10-19)15-18-8-7-17(14-21(18)22(23)24)16-5-4-6-20(13-16)25-2/h4-8,13-14,19,24H,3,9-12,15H2,1-2H3/t19-,23-. The minimum atomic E-state index is 0.0307. The Morgan fingerprint density at radius 2 is 1.85 bits per heavy atom. The molecule has 3 nitrogen and oxygen atoms in total. The molecule has 0 aliphatic heterocycles. The van der Waals surface area contributed by atoms with Gasteiger partial charge in [0.2, 0.25) is 0 Å². The van der Waals surface area contributed by atoms with Crippen LogP contribution in [0.5, 0.6) is 5.75 Å². The van der Waals surface area contributed by atoms with Crippen LogP contribution in [0, 0.1) is 10.8 Å². The van der Waals surface area contributed by atoms with Crippen LogP contribution in [0.1, 0.15) is 43.7 Å². The fraction of sp³-hybridized carbons (Fsp3) is 0.435. The van der Waals surface area contributed by atoms with E-state index in [1.165, 1.54) is 5.56 Å². The lowest BCUT2D eigenvalue weighted by atomic mass is 9.70. The van der Waals surface area contributed by atoms with Gasteiger partial charge in [0.05, 0.1) is 13.2 Å². The van der Waals surface area contributed by atoms with Crippen LogP contribution in [-0.2, 0) is 11.2 Å². The summed E-state index contributed by atoms with van der Waals surface area (Å²) in [5.74, 6) is 0.865. The molecule has 0 atom stereocenters. The molecule has 2 aromatic rings. The fourth-order valence-corrected chi connectivity index (χ4v) is 4.66. The molecule has 26 heavy (non-hydrogen) atoms. The van der Waals surface area contributed by atoms with Crippen molar-refractivity contribution in [2.24, 2.45) is 5.41 Å². The van der Waals surface area contributed by atoms with Gasteiger partial charge in [-0.2, -0.15) is 0 Å². The Morgan fingerprint density at radius 3 is 2.58 bits per heavy atom. The summed E-state index contributed by atoms with van der Waals surface area (Å²) in [4.78, 5) is 0. The lowest BCUT2D eigenvalue weighted by Crippen LogP contribution is -2.35. The largest absolute Gasteiger partial charge is 0.497 e. The molecule has 1 N–H and O–H groups in total. The van der Waals surface area contributed by atoms with Crippen molar-refractivity contribution in [3.05, 3.63) is 53.6 Å². The first-order valence-corrected chi connectivity index (χ1v) is 9.63. The van der Waals surface area contributed by atoms with Crippen LogP contribution in [0.3, 0.4) is 0 Å². The Bertz CT molecular complexity index is 819. The molecule has 1 saturated carbocycles. The van der Waals surface area contributed by atoms with Crippen LogP contribution in [0.15, 0.2) is 42.5 Å². The Hall–Kier alpha value is -2.13. The van der Waals surface area contributed by atoms with Gasteiger partial charge in [-0.15, -0.1) is 0 Å². The van der Waals surface area contributed by atoms with Crippen molar-refractivity contribution in [2.45, 2.75) is 45.1 Å². The topological polar surface area (TPSA) is 42.3 Å². The molecule has 0 unspecified atom stereocenters. The first-order valence-electron chi connectivity index (χ1n) is 9.63. The minimum absolute atomic E-state index is 0.0307. The summed E-state index contributed by atoms with van der Waals surface area (Å²) in [6.07, 6.45) is 5.69. The molecule has 4 rings (SSSR count). The zero-order valence-electron chi connectivity index (χ0n) is 15.7. The predicted octanol–water partition coefficient (Wildman–Crippen LogP) is 5.25. The number of benzene rings is 2. The Morgan fingerprint density at radius 1 is 1.08 bits per heavy atom. The average molecular weight is 349 g/mol. The van der Waals surface area contributed by atoms with Gasteiger partial charge in [-0.05, 0) is 79.5 Å². The van der Waals surface area contributed by atoms with Gasteiger partial charge in [0.25, 0.3) is 0 Å². The highest BCUT2D eigenvalue weighted by atomic mass is 16.5. The van der Waals surface area contributed by atoms with Crippen LogP contribution >= 0.6 is 0 Å². The number of methoxy groups -OCH3 is 1. The van der Waals surface area contributed by atoms with Crippen molar-refractivity contribution in [1.29, 1.82) is 5.41 Å². The fourth-order valence-electron chi connectivity index (χ4n) is 4.66. The second-order valence-corrected chi connectivity index (χ2v) is 7.59. The molecule has 0 heterocycles. The molecule has 2 aliphatic rings. The number of rotatable bonds is 4. The number of fused-ring (bicyclic) bond motifs is 1. The van der Waals surface area contributed by atoms with Crippen molar-refractivity contribution in [3.63, 3.8) is 0 Å². The molecule has 2 aliphatic carbocycles. The number of hydrogen-bond donors (Lipinski definition) is 1. The smallest absolute Gasteiger partial charge is 0.119 e. The molecule has 2 aromatic carbocycles. The third kappa shape index (κ3) is 2.95. The lowest BCUT2D eigenvalue weighted by Gasteiger charge is -2.37. The molecule has 3 heteroatoms. The summed E-state index contributed by atoms with van der Waals surface area (Å²) >= 11 is 0. The molecule has 1 spiro atoms. The molecular formula is C23H27NO2. The van der Waals surface area contributed by atoms with Crippen LogP contribution in [0.2, 0.25) is 0 Å². The highest BCUT2D eigenvalue weighted by Crippen LogP contribution is 2.48. The SMILES string of the molecule is CCO[C@H]1CC[C@]2(CC1)Cc1ccc(-c3cccc(OC)c3)cc1C2=N. The third-order valence-electron chi connectivity index (χ3n) is 6.13. The van der Waals surface area contributed by atoms with Gasteiger partial charge in [-0.3, -0.25) is 0 Å². The van der Waals surface area contributed by atoms with E-state index in [-0.39, 0.29) is 5.41 Å². The first-order chi connectivity index (χ1) is 12.6. The Kier molecular flexibility index (Phi) is 4.58. The van der Waals surface area contributed by atoms with Crippen LogP contribution in [0.25, 0.3) is 11.1 Å². The third-order valence-corrected chi connectivity index (χ3v) is 6.13. The molecular weight excluding hydrogens is 322 g/mol. The second-order valence-electron chi connectivity index (χ2n) is 7.59. The van der Waals surface area contributed by atoms with Gasteiger partial charge in [-0.1, -0.05) is 24.3 Å². The second kappa shape index (κ2) is 6.88. The molecule has 0 bridgehead atoms. The van der Waals surface area contributed by atoms with E-state index in [1.807, 2.05) is 12.1 Å². The zero-order valence-corrected chi connectivity index (χ0v) is 15.7. The summed E-state index contributed by atoms with van der Waals surface area (Å²) in [7, 11) is 1.69. The normalized spacial score (nSPS) is 24.7. The van der Waals surface area contributed by atoms with Crippen molar-refractivity contribution in [1.82, 2.24) is 0 Å². The highest BCUT2D eigenvalue weighted by molar-refractivity contribution is 6.07. The molecule has 1 fully saturated rings. The summed E-state index contributed by atoms with van der Waals surface area (Å²) < 4.78 is 11.2. The maximum Gasteiger partial charge on any atom is 0.119 e. The van der Waals surface area contributed by atoms with E-state index in [1.54, 1.807) is 7.11 Å². The minimum Gasteiger partial charge on any atom is -0.497 e. The summed E-state index contributed by atoms with van der Waals surface area (Å²) in [6, 6.07) is 14.8. The van der Waals surface area contributed by atoms with E-state index in [0.29, 0.717) is 6.10 Å². The van der Waals surface area contributed by atoms with Gasteiger partial charge in [0.1, 0.15) is 5.75 Å². The van der Waals surface area contributed by atoms with Gasteiger partial charge in [-0.25, -0.2) is 0 Å². The zero-order chi connectivity index (χ0) is 18.1. The van der Waals surface area contributed by atoms with Gasteiger partial charge < -0.3 is 14.9 Å². The highest BCUT2D eigenvalue weighted by Gasteiger charge is 2.44. The van der Waals surface area contributed by atoms with Crippen molar-refractivity contribution in [3.8, 4) is 16.9 Å². The lowest BCUT2D eigenvalue weighted by molar-refractivity contribution is 0.0178. The van der Waals surface area contributed by atoms with Crippen molar-refractivity contribution in [2.75, 3.05) is 13.7 Å². The van der Waals surface area contributed by atoms with E-state index >= 15 is 0 Å². The van der Waals surface area contributed by atoms with Crippen LogP contribution < -0.4 is 4.74 Å². The van der Waals surface area contributed by atoms with E-state index in [2.05, 4.69) is 37.3 Å². The van der Waals surface area contributed by atoms with Crippen molar-refractivity contribution < 1.29 is 9.47 Å². The molecule has 0 saturated heterocycles. The van der Waals surface area contributed by atoms with Gasteiger partial charge >= 0.3 is 0 Å². The number of nitrogens with one attached hydrogen (secondary N) is 1. The maximum absolute atomic E-state index is 8.91. The Labute approximate surface area is 155 Å². The molecule has 0 radical (unpaired) electrons.